The van der Waals surface area contributed by atoms with E-state index in [9.17, 15) is 4.79 Å². The molecule has 23 heavy (non-hydrogen) atoms. The molecular weight excluding hydrogens is 306 g/mol. The first-order chi connectivity index (χ1) is 11.1. The Morgan fingerprint density at radius 3 is 2.57 bits per heavy atom. The molecule has 0 atom stereocenters. The van der Waals surface area contributed by atoms with Crippen LogP contribution in [0.15, 0.2) is 66.1 Å². The van der Waals surface area contributed by atoms with E-state index in [1.165, 1.54) is 0 Å². The van der Waals surface area contributed by atoms with Gasteiger partial charge in [-0.2, -0.15) is 0 Å². The van der Waals surface area contributed by atoms with Gasteiger partial charge in [0.25, 0.3) is 5.91 Å². The summed E-state index contributed by atoms with van der Waals surface area (Å²) in [6.45, 7) is 7.67. The van der Waals surface area contributed by atoms with Crippen LogP contribution in [0.4, 0.5) is 5.69 Å². The summed E-state index contributed by atoms with van der Waals surface area (Å²) in [5.41, 5.74) is 1.41. The minimum Gasteiger partial charge on any atom is -0.491 e. The number of hydrogen-bond donors (Lipinski definition) is 1. The molecule has 120 valence electrons. The van der Waals surface area contributed by atoms with Crippen molar-refractivity contribution in [2.75, 3.05) is 11.1 Å². The molecule has 0 aromatic heterocycles. The van der Waals surface area contributed by atoms with Crippen molar-refractivity contribution >= 4 is 23.4 Å². The third-order valence-electron chi connectivity index (χ3n) is 2.97. The number of benzene rings is 2. The molecule has 0 aliphatic rings. The van der Waals surface area contributed by atoms with Gasteiger partial charge >= 0.3 is 0 Å². The fourth-order valence-corrected chi connectivity index (χ4v) is 2.80. The van der Waals surface area contributed by atoms with E-state index in [0.29, 0.717) is 5.56 Å². The number of carbonyl (C=O) groups excluding carboxylic acids is 1. The molecule has 2 aromatic carbocycles. The Balaban J connectivity index is 2.08. The first kappa shape index (κ1) is 17.2. The van der Waals surface area contributed by atoms with Crippen molar-refractivity contribution in [3.05, 3.63) is 66.7 Å². The summed E-state index contributed by atoms with van der Waals surface area (Å²) < 4.78 is 5.60. The quantitative estimate of drug-likeness (QED) is 0.574. The predicted octanol–water partition coefficient (Wildman–Crippen LogP) is 5.00. The molecule has 1 N–H and O–H groups in total. The molecule has 0 unspecified atom stereocenters. The van der Waals surface area contributed by atoms with Gasteiger partial charge in [0.05, 0.1) is 11.7 Å². The number of carbonyl (C=O) groups is 1. The molecule has 1 amide bonds. The SMILES string of the molecule is C=CCSc1ccccc1C(=O)Nc1ccc(OC(C)C)cc1. The van der Waals surface area contributed by atoms with Crippen LogP contribution in [0.5, 0.6) is 5.75 Å². The zero-order chi connectivity index (χ0) is 16.7. The molecule has 0 spiro atoms. The molecule has 0 aliphatic heterocycles. The van der Waals surface area contributed by atoms with E-state index in [2.05, 4.69) is 11.9 Å². The van der Waals surface area contributed by atoms with Gasteiger partial charge in [0.2, 0.25) is 0 Å². The van der Waals surface area contributed by atoms with Crippen molar-refractivity contribution in [1.82, 2.24) is 0 Å². The minimum atomic E-state index is -0.116. The second kappa shape index (κ2) is 8.44. The van der Waals surface area contributed by atoms with Gasteiger partial charge in [0.15, 0.2) is 0 Å². The van der Waals surface area contributed by atoms with E-state index in [1.807, 2.05) is 68.5 Å². The van der Waals surface area contributed by atoms with Crippen LogP contribution in [0.25, 0.3) is 0 Å². The Labute approximate surface area is 141 Å². The molecule has 4 heteroatoms. The van der Waals surface area contributed by atoms with Crippen LogP contribution < -0.4 is 10.1 Å². The van der Waals surface area contributed by atoms with Crippen LogP contribution in [0.3, 0.4) is 0 Å². The summed E-state index contributed by atoms with van der Waals surface area (Å²) in [4.78, 5) is 13.4. The maximum Gasteiger partial charge on any atom is 0.256 e. The Morgan fingerprint density at radius 1 is 1.22 bits per heavy atom. The first-order valence-corrected chi connectivity index (χ1v) is 8.49. The molecule has 0 saturated heterocycles. The number of ether oxygens (including phenoxy) is 1. The summed E-state index contributed by atoms with van der Waals surface area (Å²) in [5.74, 6) is 1.44. The highest BCUT2D eigenvalue weighted by Gasteiger charge is 2.11. The van der Waals surface area contributed by atoms with Crippen LogP contribution in [0.1, 0.15) is 24.2 Å². The van der Waals surface area contributed by atoms with Crippen LogP contribution in [-0.4, -0.2) is 17.8 Å². The van der Waals surface area contributed by atoms with E-state index in [1.54, 1.807) is 11.8 Å². The van der Waals surface area contributed by atoms with Crippen LogP contribution in [-0.2, 0) is 0 Å². The molecule has 3 nitrogen and oxygen atoms in total. The summed E-state index contributed by atoms with van der Waals surface area (Å²) in [6.07, 6.45) is 1.96. The fourth-order valence-electron chi connectivity index (χ4n) is 2.02. The van der Waals surface area contributed by atoms with Crippen molar-refractivity contribution < 1.29 is 9.53 Å². The third-order valence-corrected chi connectivity index (χ3v) is 4.04. The largest absolute Gasteiger partial charge is 0.491 e. The number of rotatable bonds is 7. The van der Waals surface area contributed by atoms with Crippen LogP contribution >= 0.6 is 11.8 Å². The number of nitrogens with one attached hydrogen (secondary N) is 1. The van der Waals surface area contributed by atoms with E-state index in [-0.39, 0.29) is 12.0 Å². The van der Waals surface area contributed by atoms with Gasteiger partial charge in [0, 0.05) is 16.3 Å². The van der Waals surface area contributed by atoms with E-state index in [4.69, 9.17) is 4.74 Å². The van der Waals surface area contributed by atoms with Gasteiger partial charge in [-0.1, -0.05) is 18.2 Å². The lowest BCUT2D eigenvalue weighted by molar-refractivity contribution is 0.102. The topological polar surface area (TPSA) is 38.3 Å². The van der Waals surface area contributed by atoms with Gasteiger partial charge in [-0.15, -0.1) is 18.3 Å². The van der Waals surface area contributed by atoms with Crippen molar-refractivity contribution in [2.45, 2.75) is 24.8 Å². The van der Waals surface area contributed by atoms with Crippen molar-refractivity contribution in [3.8, 4) is 5.75 Å². The number of thioether (sulfide) groups is 1. The lowest BCUT2D eigenvalue weighted by Crippen LogP contribution is -2.13. The van der Waals surface area contributed by atoms with Gasteiger partial charge in [-0.3, -0.25) is 4.79 Å². The van der Waals surface area contributed by atoms with E-state index >= 15 is 0 Å². The monoisotopic (exact) mass is 327 g/mol. The van der Waals surface area contributed by atoms with E-state index < -0.39 is 0 Å². The highest BCUT2D eigenvalue weighted by molar-refractivity contribution is 7.99. The van der Waals surface area contributed by atoms with Gasteiger partial charge in [0.1, 0.15) is 5.75 Å². The van der Waals surface area contributed by atoms with Crippen molar-refractivity contribution in [2.24, 2.45) is 0 Å². The molecule has 0 saturated carbocycles. The fraction of sp³-hybridized carbons (Fsp3) is 0.211. The first-order valence-electron chi connectivity index (χ1n) is 7.51. The average Bonchev–Trinajstić information content (AvgIpc) is 2.54. The van der Waals surface area contributed by atoms with Crippen molar-refractivity contribution in [1.29, 1.82) is 0 Å². The summed E-state index contributed by atoms with van der Waals surface area (Å²) in [6, 6.07) is 15.0. The van der Waals surface area contributed by atoms with Gasteiger partial charge < -0.3 is 10.1 Å². The molecule has 0 bridgehead atoms. The summed E-state index contributed by atoms with van der Waals surface area (Å²) in [5, 5.41) is 2.92. The number of amides is 1. The smallest absolute Gasteiger partial charge is 0.256 e. The number of anilines is 1. The predicted molar refractivity (Wildman–Crippen MR) is 97.5 cm³/mol. The van der Waals surface area contributed by atoms with Crippen LogP contribution in [0.2, 0.25) is 0 Å². The molecule has 0 fully saturated rings. The molecule has 0 radical (unpaired) electrons. The Bertz CT molecular complexity index is 665. The normalized spacial score (nSPS) is 10.4. The number of hydrogen-bond acceptors (Lipinski definition) is 3. The van der Waals surface area contributed by atoms with E-state index in [0.717, 1.165) is 22.1 Å². The maximum atomic E-state index is 12.5. The minimum absolute atomic E-state index is 0.116. The lowest BCUT2D eigenvalue weighted by atomic mass is 10.2. The zero-order valence-corrected chi connectivity index (χ0v) is 14.2. The van der Waals surface area contributed by atoms with Crippen LogP contribution in [0, 0.1) is 0 Å². The molecule has 0 heterocycles. The Morgan fingerprint density at radius 2 is 1.91 bits per heavy atom. The maximum absolute atomic E-state index is 12.5. The highest BCUT2D eigenvalue weighted by Crippen LogP contribution is 2.24. The molecule has 2 aromatic rings. The van der Waals surface area contributed by atoms with Gasteiger partial charge in [-0.25, -0.2) is 0 Å². The van der Waals surface area contributed by atoms with Crippen molar-refractivity contribution in [3.63, 3.8) is 0 Å². The average molecular weight is 327 g/mol. The molecular formula is C19H21NO2S. The second-order valence-corrected chi connectivity index (χ2v) is 6.30. The summed E-state index contributed by atoms with van der Waals surface area (Å²) in [7, 11) is 0. The zero-order valence-electron chi connectivity index (χ0n) is 13.4. The third kappa shape index (κ3) is 5.18. The second-order valence-electron chi connectivity index (χ2n) is 5.24. The van der Waals surface area contributed by atoms with Gasteiger partial charge in [-0.05, 0) is 50.2 Å². The highest BCUT2D eigenvalue weighted by atomic mass is 32.2. The standard InChI is InChI=1S/C19H21NO2S/c1-4-13-23-18-8-6-5-7-17(18)19(21)20-15-9-11-16(12-10-15)22-14(2)3/h4-12,14H,1,13H2,2-3H3,(H,20,21). The lowest BCUT2D eigenvalue weighted by Gasteiger charge is -2.11. The molecule has 0 aliphatic carbocycles. The Hall–Kier alpha value is -2.20. The summed E-state index contributed by atoms with van der Waals surface area (Å²) >= 11 is 1.60. The Kier molecular flexibility index (Phi) is 6.29. The molecule has 2 rings (SSSR count).